The Morgan fingerprint density at radius 3 is 2.67 bits per heavy atom. The molecule has 1 saturated carbocycles. The number of hydrogen-bond donors (Lipinski definition) is 2. The van der Waals surface area contributed by atoms with Crippen LogP contribution in [0.25, 0.3) is 0 Å². The zero-order valence-electron chi connectivity index (χ0n) is 13.1. The summed E-state index contributed by atoms with van der Waals surface area (Å²) in [4.78, 5) is 0.348. The number of nitrogens with one attached hydrogen (secondary N) is 2. The third kappa shape index (κ3) is 3.46. The van der Waals surface area contributed by atoms with Gasteiger partial charge in [0.2, 0.25) is 10.0 Å². The van der Waals surface area contributed by atoms with E-state index in [9.17, 15) is 8.42 Å². The molecule has 0 aliphatic heterocycles. The monoisotopic (exact) mass is 314 g/mol. The summed E-state index contributed by atoms with van der Waals surface area (Å²) < 4.78 is 27.3. The largest absolute Gasteiger partial charge is 0.311 e. The van der Waals surface area contributed by atoms with Crippen LogP contribution in [-0.4, -0.2) is 42.6 Å². The van der Waals surface area contributed by atoms with Gasteiger partial charge >= 0.3 is 0 Å². The molecule has 2 N–H and O–H groups in total. The first-order valence-corrected chi connectivity index (χ1v) is 9.15. The molecule has 0 spiro atoms. The minimum Gasteiger partial charge on any atom is -0.311 e. The fraction of sp³-hybridized carbons (Fsp3) is 0.786. The Bertz CT molecular complexity index is 562. The van der Waals surface area contributed by atoms with Crippen LogP contribution in [0, 0.1) is 6.92 Å². The third-order valence-corrected chi connectivity index (χ3v) is 6.27. The lowest BCUT2D eigenvalue weighted by Gasteiger charge is -2.24. The summed E-state index contributed by atoms with van der Waals surface area (Å²) >= 11 is 0. The molecular formula is C14H26N4O2S. The molecule has 6 nitrogen and oxygen atoms in total. The molecule has 1 fully saturated rings. The Balaban J connectivity index is 2.24. The molecule has 2 rings (SSSR count). The van der Waals surface area contributed by atoms with E-state index in [0.29, 0.717) is 22.8 Å². The van der Waals surface area contributed by atoms with Gasteiger partial charge in [0.15, 0.2) is 0 Å². The van der Waals surface area contributed by atoms with Gasteiger partial charge in [0, 0.05) is 19.6 Å². The maximum absolute atomic E-state index is 12.9. The molecule has 0 aromatic carbocycles. The number of rotatable bonds is 7. The maximum atomic E-state index is 12.9. The summed E-state index contributed by atoms with van der Waals surface area (Å²) in [5.74, 6) is 0. The summed E-state index contributed by atoms with van der Waals surface area (Å²) in [5, 5.41) is 10.2. The predicted molar refractivity (Wildman–Crippen MR) is 82.5 cm³/mol. The van der Waals surface area contributed by atoms with E-state index in [1.165, 1.54) is 0 Å². The van der Waals surface area contributed by atoms with Crippen molar-refractivity contribution < 1.29 is 8.42 Å². The first-order chi connectivity index (χ1) is 9.98. The van der Waals surface area contributed by atoms with E-state index < -0.39 is 10.0 Å². The van der Waals surface area contributed by atoms with Crippen molar-refractivity contribution >= 4 is 10.0 Å². The van der Waals surface area contributed by atoms with Gasteiger partial charge in [-0.25, -0.2) is 8.42 Å². The summed E-state index contributed by atoms with van der Waals surface area (Å²) in [7, 11) is -1.78. The Kier molecular flexibility index (Phi) is 5.40. The highest BCUT2D eigenvalue weighted by atomic mass is 32.2. The van der Waals surface area contributed by atoms with Crippen LogP contribution in [0.4, 0.5) is 0 Å². The summed E-state index contributed by atoms with van der Waals surface area (Å²) in [6.07, 6.45) is 5.14. The van der Waals surface area contributed by atoms with Crippen LogP contribution < -0.4 is 5.32 Å². The van der Waals surface area contributed by atoms with Gasteiger partial charge in [0.1, 0.15) is 4.90 Å². The van der Waals surface area contributed by atoms with Crippen molar-refractivity contribution in [2.75, 3.05) is 13.6 Å². The van der Waals surface area contributed by atoms with Crippen molar-refractivity contribution in [2.45, 2.75) is 63.4 Å². The fourth-order valence-corrected chi connectivity index (χ4v) is 4.66. The zero-order chi connectivity index (χ0) is 15.5. The Morgan fingerprint density at radius 1 is 1.38 bits per heavy atom. The van der Waals surface area contributed by atoms with Gasteiger partial charge in [-0.3, -0.25) is 5.10 Å². The molecule has 1 heterocycles. The van der Waals surface area contributed by atoms with Crippen molar-refractivity contribution in [3.05, 3.63) is 11.4 Å². The molecule has 0 atom stereocenters. The van der Waals surface area contributed by atoms with Crippen LogP contribution in [0.5, 0.6) is 0 Å². The molecule has 1 aromatic rings. The number of H-pyrrole nitrogens is 1. The van der Waals surface area contributed by atoms with Gasteiger partial charge in [-0.05, 0) is 32.7 Å². The lowest BCUT2D eigenvalue weighted by molar-refractivity contribution is 0.372. The van der Waals surface area contributed by atoms with Crippen LogP contribution in [0.1, 0.15) is 50.4 Å². The molecule has 7 heteroatoms. The third-order valence-electron chi connectivity index (χ3n) is 4.16. The first kappa shape index (κ1) is 16.5. The number of aryl methyl sites for hydroxylation is 1. The minimum absolute atomic E-state index is 0.126. The molecule has 1 aliphatic rings. The lowest BCUT2D eigenvalue weighted by Crippen LogP contribution is -2.36. The first-order valence-electron chi connectivity index (χ1n) is 7.71. The number of nitrogens with zero attached hydrogens (tertiary/aromatic N) is 2. The van der Waals surface area contributed by atoms with Crippen LogP contribution in [-0.2, 0) is 16.6 Å². The normalized spacial score (nSPS) is 17.0. The van der Waals surface area contributed by atoms with Gasteiger partial charge < -0.3 is 5.32 Å². The smallest absolute Gasteiger partial charge is 0.246 e. The van der Waals surface area contributed by atoms with E-state index in [-0.39, 0.29) is 6.04 Å². The molecular weight excluding hydrogens is 288 g/mol. The van der Waals surface area contributed by atoms with E-state index in [1.807, 2.05) is 0 Å². The molecule has 120 valence electrons. The SMILES string of the molecule is CCCNCc1n[nH]c(C)c1S(=O)(=O)N(C)C1CCCC1. The molecule has 0 amide bonds. The highest BCUT2D eigenvalue weighted by molar-refractivity contribution is 7.89. The standard InChI is InChI=1S/C14H26N4O2S/c1-4-9-15-10-13-14(11(2)16-17-13)21(19,20)18(3)12-7-5-6-8-12/h12,15H,4-10H2,1-3H3,(H,16,17). The quantitative estimate of drug-likeness (QED) is 0.752. The van der Waals surface area contributed by atoms with Crippen LogP contribution in [0.3, 0.4) is 0 Å². The molecule has 1 aromatic heterocycles. The Hall–Kier alpha value is -0.920. The second kappa shape index (κ2) is 6.89. The molecule has 1 aliphatic carbocycles. The number of hydrogen-bond acceptors (Lipinski definition) is 4. The van der Waals surface area contributed by atoms with Crippen molar-refractivity contribution in [1.29, 1.82) is 0 Å². The molecule has 21 heavy (non-hydrogen) atoms. The average molecular weight is 314 g/mol. The highest BCUT2D eigenvalue weighted by Gasteiger charge is 2.33. The second-order valence-electron chi connectivity index (χ2n) is 5.76. The summed E-state index contributed by atoms with van der Waals surface area (Å²) in [6, 6.07) is 0.126. The van der Waals surface area contributed by atoms with E-state index in [1.54, 1.807) is 18.3 Å². The average Bonchev–Trinajstić information content (AvgIpc) is 3.08. The van der Waals surface area contributed by atoms with Crippen LogP contribution >= 0.6 is 0 Å². The highest BCUT2D eigenvalue weighted by Crippen LogP contribution is 2.29. The van der Waals surface area contributed by atoms with Gasteiger partial charge in [0.25, 0.3) is 0 Å². The van der Waals surface area contributed by atoms with E-state index in [0.717, 1.165) is 38.6 Å². The Labute approximate surface area is 127 Å². The van der Waals surface area contributed by atoms with E-state index in [2.05, 4.69) is 22.4 Å². The number of aromatic amines is 1. The van der Waals surface area contributed by atoms with Crippen molar-refractivity contribution in [3.63, 3.8) is 0 Å². The van der Waals surface area contributed by atoms with Crippen molar-refractivity contribution in [2.24, 2.45) is 0 Å². The topological polar surface area (TPSA) is 78.1 Å². The predicted octanol–water partition coefficient (Wildman–Crippen LogP) is 1.78. The van der Waals surface area contributed by atoms with Crippen molar-refractivity contribution in [3.8, 4) is 0 Å². The van der Waals surface area contributed by atoms with E-state index >= 15 is 0 Å². The van der Waals surface area contributed by atoms with Gasteiger partial charge in [0.05, 0.1) is 11.4 Å². The zero-order valence-corrected chi connectivity index (χ0v) is 14.0. The van der Waals surface area contributed by atoms with Gasteiger partial charge in [-0.1, -0.05) is 19.8 Å². The fourth-order valence-electron chi connectivity index (χ4n) is 2.92. The van der Waals surface area contributed by atoms with Crippen molar-refractivity contribution in [1.82, 2.24) is 19.8 Å². The lowest BCUT2D eigenvalue weighted by atomic mass is 10.3. The molecule has 0 radical (unpaired) electrons. The molecule has 0 bridgehead atoms. The van der Waals surface area contributed by atoms with E-state index in [4.69, 9.17) is 0 Å². The summed E-state index contributed by atoms with van der Waals surface area (Å²) in [5.41, 5.74) is 1.21. The van der Waals surface area contributed by atoms with Gasteiger partial charge in [-0.15, -0.1) is 0 Å². The van der Waals surface area contributed by atoms with Crippen LogP contribution in [0.2, 0.25) is 0 Å². The molecule has 0 unspecified atom stereocenters. The number of aromatic nitrogens is 2. The molecule has 0 saturated heterocycles. The minimum atomic E-state index is -3.48. The van der Waals surface area contributed by atoms with Gasteiger partial charge in [-0.2, -0.15) is 9.40 Å². The van der Waals surface area contributed by atoms with Crippen LogP contribution in [0.15, 0.2) is 4.90 Å². The Morgan fingerprint density at radius 2 is 2.05 bits per heavy atom. The summed E-state index contributed by atoms with van der Waals surface area (Å²) in [6.45, 7) is 5.18. The maximum Gasteiger partial charge on any atom is 0.246 e. The number of sulfonamides is 1. The second-order valence-corrected chi connectivity index (χ2v) is 7.70.